The minimum Gasteiger partial charge on any atom is -0.440 e. The average molecular weight is 243 g/mol. The highest BCUT2D eigenvalue weighted by molar-refractivity contribution is 5.67. The first-order chi connectivity index (χ1) is 7.47. The number of nitrogens with one attached hydrogen (secondary N) is 1. The molecule has 1 unspecified atom stereocenters. The van der Waals surface area contributed by atoms with E-state index in [1.807, 2.05) is 0 Å². The molecule has 1 fully saturated rings. The first-order valence-electron chi connectivity index (χ1n) is 4.64. The molecule has 0 radical (unpaired) electrons. The second kappa shape index (κ2) is 5.90. The van der Waals surface area contributed by atoms with Crippen molar-refractivity contribution in [2.45, 2.75) is 12.3 Å². The summed E-state index contributed by atoms with van der Waals surface area (Å²) in [6.45, 7) is -0.337. The number of carbonyl (C=O) groups is 1. The van der Waals surface area contributed by atoms with E-state index in [0.29, 0.717) is 19.8 Å². The van der Waals surface area contributed by atoms with E-state index >= 15 is 0 Å². The summed E-state index contributed by atoms with van der Waals surface area (Å²) in [6, 6.07) is 0. The van der Waals surface area contributed by atoms with Gasteiger partial charge in [-0.1, -0.05) is 0 Å². The van der Waals surface area contributed by atoms with Gasteiger partial charge in [-0.15, -0.1) is 0 Å². The van der Waals surface area contributed by atoms with Crippen molar-refractivity contribution in [3.63, 3.8) is 0 Å². The van der Waals surface area contributed by atoms with Crippen LogP contribution in [0.15, 0.2) is 0 Å². The summed E-state index contributed by atoms with van der Waals surface area (Å²) < 4.78 is 49.1. The molecule has 1 N–H and O–H groups in total. The minimum absolute atomic E-state index is 0.0662. The summed E-state index contributed by atoms with van der Waals surface area (Å²) in [5.74, 6) is 0. The number of ether oxygens (including phenoxy) is 3. The molecular weight excluding hydrogens is 231 g/mol. The molecule has 1 heterocycles. The molecule has 16 heavy (non-hydrogen) atoms. The molecule has 1 amide bonds. The lowest BCUT2D eigenvalue weighted by Crippen LogP contribution is -2.40. The molecule has 0 aromatic heterocycles. The summed E-state index contributed by atoms with van der Waals surface area (Å²) in [5, 5.41) is 2.16. The smallest absolute Gasteiger partial charge is 0.422 e. The van der Waals surface area contributed by atoms with Crippen molar-refractivity contribution in [2.75, 3.05) is 33.0 Å². The zero-order valence-corrected chi connectivity index (χ0v) is 8.38. The fourth-order valence-electron chi connectivity index (χ4n) is 1.05. The normalized spacial score (nSPS) is 21.6. The maximum Gasteiger partial charge on any atom is 0.422 e. The molecule has 0 aromatic carbocycles. The summed E-state index contributed by atoms with van der Waals surface area (Å²) >= 11 is 0. The summed E-state index contributed by atoms with van der Waals surface area (Å²) in [6.07, 6.45) is -5.97. The lowest BCUT2D eigenvalue weighted by atomic mass is 10.3. The number of alkyl halides is 3. The Hall–Kier alpha value is -1.02. The van der Waals surface area contributed by atoms with Crippen LogP contribution in [-0.4, -0.2) is 51.3 Å². The fraction of sp³-hybridized carbons (Fsp3) is 0.875. The number of alkyl carbamates (subject to hydrolysis) is 1. The van der Waals surface area contributed by atoms with Gasteiger partial charge in [-0.2, -0.15) is 13.2 Å². The molecule has 0 aromatic rings. The zero-order valence-electron chi connectivity index (χ0n) is 8.38. The van der Waals surface area contributed by atoms with E-state index in [4.69, 9.17) is 9.47 Å². The van der Waals surface area contributed by atoms with Gasteiger partial charge in [0.15, 0.2) is 6.61 Å². The van der Waals surface area contributed by atoms with E-state index in [-0.39, 0.29) is 12.6 Å². The third-order valence-corrected chi connectivity index (χ3v) is 1.73. The van der Waals surface area contributed by atoms with E-state index in [1.165, 1.54) is 0 Å². The van der Waals surface area contributed by atoms with Gasteiger partial charge in [0.2, 0.25) is 0 Å². The van der Waals surface area contributed by atoms with Crippen LogP contribution in [0.2, 0.25) is 0 Å². The molecule has 0 aliphatic carbocycles. The van der Waals surface area contributed by atoms with Crippen molar-refractivity contribution in [2.24, 2.45) is 0 Å². The number of hydrogen-bond acceptors (Lipinski definition) is 4. The van der Waals surface area contributed by atoms with Gasteiger partial charge in [-0.05, 0) is 0 Å². The summed E-state index contributed by atoms with van der Waals surface area (Å²) in [5.41, 5.74) is 0. The third-order valence-electron chi connectivity index (χ3n) is 1.73. The second-order valence-electron chi connectivity index (χ2n) is 3.14. The van der Waals surface area contributed by atoms with E-state index in [2.05, 4.69) is 10.1 Å². The Balaban J connectivity index is 2.09. The van der Waals surface area contributed by atoms with Crippen molar-refractivity contribution in [1.29, 1.82) is 0 Å². The molecule has 0 bridgehead atoms. The number of rotatable bonds is 3. The molecule has 1 aliphatic rings. The SMILES string of the molecule is O=C(NCC1COCCO1)OCC(F)(F)F. The first kappa shape index (κ1) is 13.0. The first-order valence-corrected chi connectivity index (χ1v) is 4.64. The zero-order chi connectivity index (χ0) is 12.0. The second-order valence-corrected chi connectivity index (χ2v) is 3.14. The van der Waals surface area contributed by atoms with Crippen LogP contribution in [-0.2, 0) is 14.2 Å². The quantitative estimate of drug-likeness (QED) is 0.792. The Morgan fingerprint density at radius 1 is 1.44 bits per heavy atom. The van der Waals surface area contributed by atoms with Crippen molar-refractivity contribution in [3.8, 4) is 0 Å². The van der Waals surface area contributed by atoms with Crippen molar-refractivity contribution in [3.05, 3.63) is 0 Å². The number of hydrogen-bond donors (Lipinski definition) is 1. The monoisotopic (exact) mass is 243 g/mol. The van der Waals surface area contributed by atoms with E-state index in [0.717, 1.165) is 0 Å². The maximum absolute atomic E-state index is 11.7. The maximum atomic E-state index is 11.7. The van der Waals surface area contributed by atoms with Crippen molar-refractivity contribution >= 4 is 6.09 Å². The number of amides is 1. The van der Waals surface area contributed by atoms with Gasteiger partial charge in [-0.25, -0.2) is 4.79 Å². The topological polar surface area (TPSA) is 56.8 Å². The van der Waals surface area contributed by atoms with Gasteiger partial charge in [0.1, 0.15) is 0 Å². The molecule has 5 nitrogen and oxygen atoms in total. The average Bonchev–Trinajstić information content (AvgIpc) is 2.24. The highest BCUT2D eigenvalue weighted by Crippen LogP contribution is 2.14. The molecule has 1 aliphatic heterocycles. The Morgan fingerprint density at radius 3 is 2.75 bits per heavy atom. The van der Waals surface area contributed by atoms with E-state index in [1.54, 1.807) is 0 Å². The predicted molar refractivity (Wildman–Crippen MR) is 46.0 cm³/mol. The van der Waals surface area contributed by atoms with Crippen LogP contribution in [0.3, 0.4) is 0 Å². The molecule has 1 atom stereocenters. The van der Waals surface area contributed by atoms with Crippen molar-refractivity contribution < 1.29 is 32.2 Å². The lowest BCUT2D eigenvalue weighted by molar-refractivity contribution is -0.160. The molecular formula is C8H12F3NO4. The Kier molecular flexibility index (Phi) is 4.81. The Bertz CT molecular complexity index is 228. The molecule has 0 saturated carbocycles. The summed E-state index contributed by atoms with van der Waals surface area (Å²) in [4.78, 5) is 10.8. The summed E-state index contributed by atoms with van der Waals surface area (Å²) in [7, 11) is 0. The molecule has 1 saturated heterocycles. The Labute approximate surface area is 89.8 Å². The van der Waals surface area contributed by atoms with Gasteiger partial charge in [0.05, 0.1) is 25.9 Å². The van der Waals surface area contributed by atoms with E-state index < -0.39 is 18.9 Å². The standard InChI is InChI=1S/C8H12F3NO4/c9-8(10,11)5-16-7(13)12-3-6-4-14-1-2-15-6/h6H,1-5H2,(H,12,13). The van der Waals surface area contributed by atoms with Crippen molar-refractivity contribution in [1.82, 2.24) is 5.32 Å². The van der Waals surface area contributed by atoms with Crippen LogP contribution in [0.4, 0.5) is 18.0 Å². The predicted octanol–water partition coefficient (Wildman–Crippen LogP) is 0.690. The van der Waals surface area contributed by atoms with Gasteiger partial charge >= 0.3 is 12.3 Å². The molecule has 94 valence electrons. The molecule has 8 heteroatoms. The number of carbonyl (C=O) groups excluding carboxylic acids is 1. The largest absolute Gasteiger partial charge is 0.440 e. The third kappa shape index (κ3) is 5.76. The Morgan fingerprint density at radius 2 is 2.19 bits per heavy atom. The van der Waals surface area contributed by atoms with Crippen LogP contribution < -0.4 is 5.32 Å². The van der Waals surface area contributed by atoms with Crippen LogP contribution in [0, 0.1) is 0 Å². The van der Waals surface area contributed by atoms with Gasteiger partial charge in [-0.3, -0.25) is 0 Å². The van der Waals surface area contributed by atoms with Crippen LogP contribution in [0.1, 0.15) is 0 Å². The molecule has 0 spiro atoms. The highest BCUT2D eigenvalue weighted by atomic mass is 19.4. The lowest BCUT2D eigenvalue weighted by Gasteiger charge is -2.22. The van der Waals surface area contributed by atoms with Gasteiger partial charge in [0, 0.05) is 6.54 Å². The van der Waals surface area contributed by atoms with Crippen LogP contribution in [0.25, 0.3) is 0 Å². The van der Waals surface area contributed by atoms with Crippen LogP contribution >= 0.6 is 0 Å². The highest BCUT2D eigenvalue weighted by Gasteiger charge is 2.29. The van der Waals surface area contributed by atoms with Gasteiger partial charge < -0.3 is 19.5 Å². The minimum atomic E-state index is -4.51. The van der Waals surface area contributed by atoms with Crippen LogP contribution in [0.5, 0.6) is 0 Å². The number of halogens is 3. The van der Waals surface area contributed by atoms with E-state index in [9.17, 15) is 18.0 Å². The van der Waals surface area contributed by atoms with Gasteiger partial charge in [0.25, 0.3) is 0 Å². The fourth-order valence-corrected chi connectivity index (χ4v) is 1.05. The molecule has 1 rings (SSSR count).